The lowest BCUT2D eigenvalue weighted by atomic mass is 9.76. The van der Waals surface area contributed by atoms with Crippen molar-refractivity contribution in [2.75, 3.05) is 6.61 Å². The zero-order chi connectivity index (χ0) is 19.5. The first-order chi connectivity index (χ1) is 12.8. The molecule has 1 aliphatic rings. The van der Waals surface area contributed by atoms with Gasteiger partial charge in [0, 0.05) is 5.54 Å². The van der Waals surface area contributed by atoms with E-state index in [9.17, 15) is 18.3 Å². The highest BCUT2D eigenvalue weighted by Gasteiger charge is 2.34. The van der Waals surface area contributed by atoms with Crippen molar-refractivity contribution < 1.29 is 18.3 Å². The molecule has 6 nitrogen and oxygen atoms in total. The molecule has 9 heteroatoms. The molecule has 0 saturated heterocycles. The largest absolute Gasteiger partial charge is 0.416 e. The van der Waals surface area contributed by atoms with Gasteiger partial charge in [0.2, 0.25) is 0 Å². The molecule has 148 valence electrons. The zero-order valence-electron chi connectivity index (χ0n) is 15.2. The molecule has 1 aromatic heterocycles. The van der Waals surface area contributed by atoms with Crippen molar-refractivity contribution in [2.45, 2.75) is 57.3 Å². The summed E-state index contributed by atoms with van der Waals surface area (Å²) in [5.74, 6) is 0.844. The number of nitrogens with one attached hydrogen (secondary N) is 1. The monoisotopic (exact) mass is 383 g/mol. The molecule has 0 amide bonds. The molecule has 27 heavy (non-hydrogen) atoms. The van der Waals surface area contributed by atoms with Crippen molar-refractivity contribution in [3.8, 4) is 5.69 Å². The van der Waals surface area contributed by atoms with Gasteiger partial charge in [-0.05, 0) is 60.4 Å². The Balaban J connectivity index is 1.73. The number of aliphatic hydroxyl groups excluding tert-OH is 1. The summed E-state index contributed by atoms with van der Waals surface area (Å²) in [5, 5.41) is 24.8. The van der Waals surface area contributed by atoms with Crippen LogP contribution in [-0.4, -0.2) is 37.5 Å². The van der Waals surface area contributed by atoms with Crippen LogP contribution in [0.25, 0.3) is 5.69 Å². The number of halogens is 3. The summed E-state index contributed by atoms with van der Waals surface area (Å²) in [7, 11) is 0. The Morgan fingerprint density at radius 2 is 1.81 bits per heavy atom. The zero-order valence-corrected chi connectivity index (χ0v) is 15.2. The van der Waals surface area contributed by atoms with Gasteiger partial charge in [0.15, 0.2) is 5.82 Å². The molecule has 0 spiro atoms. The van der Waals surface area contributed by atoms with Crippen LogP contribution in [0.5, 0.6) is 0 Å². The fourth-order valence-corrected chi connectivity index (χ4v) is 3.66. The molecule has 1 fully saturated rings. The maximum Gasteiger partial charge on any atom is 0.416 e. The normalized spacial score (nSPS) is 18.4. The Labute approximate surface area is 155 Å². The predicted molar refractivity (Wildman–Crippen MR) is 93.1 cm³/mol. The molecule has 2 aromatic rings. The average molecular weight is 383 g/mol. The van der Waals surface area contributed by atoms with E-state index in [-0.39, 0.29) is 6.61 Å². The van der Waals surface area contributed by atoms with Crippen molar-refractivity contribution in [2.24, 2.45) is 5.92 Å². The van der Waals surface area contributed by atoms with Gasteiger partial charge in [0.05, 0.1) is 24.4 Å². The van der Waals surface area contributed by atoms with Crippen LogP contribution >= 0.6 is 0 Å². The van der Waals surface area contributed by atoms with Crippen LogP contribution in [0.3, 0.4) is 0 Å². The quantitative estimate of drug-likeness (QED) is 0.802. The van der Waals surface area contributed by atoms with E-state index in [4.69, 9.17) is 0 Å². The number of alkyl halides is 3. The number of aromatic nitrogens is 4. The van der Waals surface area contributed by atoms with E-state index < -0.39 is 17.3 Å². The second-order valence-electron chi connectivity index (χ2n) is 7.32. The van der Waals surface area contributed by atoms with Gasteiger partial charge in [0.1, 0.15) is 0 Å². The van der Waals surface area contributed by atoms with Gasteiger partial charge in [-0.2, -0.15) is 17.9 Å². The third-order valence-electron chi connectivity index (χ3n) is 5.46. The lowest BCUT2D eigenvalue weighted by Gasteiger charge is -2.39. The number of tetrazole rings is 1. The lowest BCUT2D eigenvalue weighted by Crippen LogP contribution is -2.52. The minimum Gasteiger partial charge on any atom is -0.394 e. The summed E-state index contributed by atoms with van der Waals surface area (Å²) in [6.07, 6.45) is 1.29. The molecule has 1 aliphatic carbocycles. The first-order valence-electron chi connectivity index (χ1n) is 9.14. The summed E-state index contributed by atoms with van der Waals surface area (Å²) in [6.45, 7) is 2.30. The molecule has 1 atom stereocenters. The Morgan fingerprint density at radius 3 is 2.41 bits per heavy atom. The second-order valence-corrected chi connectivity index (χ2v) is 7.32. The summed E-state index contributed by atoms with van der Waals surface area (Å²) in [6, 6.07) is 4.70. The molecular formula is C18H24F3N5O. The summed E-state index contributed by atoms with van der Waals surface area (Å²) in [4.78, 5) is 0. The van der Waals surface area contributed by atoms with Crippen LogP contribution in [0, 0.1) is 5.92 Å². The van der Waals surface area contributed by atoms with Crippen LogP contribution in [0.4, 0.5) is 13.2 Å². The first kappa shape index (κ1) is 19.8. The number of nitrogens with zero attached hydrogens (tertiary/aromatic N) is 4. The van der Waals surface area contributed by atoms with Gasteiger partial charge < -0.3 is 10.4 Å². The number of hydrogen-bond donors (Lipinski definition) is 2. The molecule has 1 unspecified atom stereocenters. The first-order valence-corrected chi connectivity index (χ1v) is 9.14. The highest BCUT2D eigenvalue weighted by Crippen LogP contribution is 2.33. The average Bonchev–Trinajstić information content (AvgIpc) is 3.15. The van der Waals surface area contributed by atoms with Crippen molar-refractivity contribution in [3.05, 3.63) is 35.7 Å². The van der Waals surface area contributed by atoms with Gasteiger partial charge in [0.25, 0.3) is 0 Å². The molecule has 1 aromatic carbocycles. The molecular weight excluding hydrogens is 359 g/mol. The van der Waals surface area contributed by atoms with E-state index in [1.165, 1.54) is 23.2 Å². The van der Waals surface area contributed by atoms with Gasteiger partial charge in [-0.3, -0.25) is 0 Å². The summed E-state index contributed by atoms with van der Waals surface area (Å²) < 4.78 is 39.6. The number of benzene rings is 1. The Kier molecular flexibility index (Phi) is 5.81. The van der Waals surface area contributed by atoms with Crippen LogP contribution < -0.4 is 5.32 Å². The maximum absolute atomic E-state index is 12.7. The predicted octanol–water partition coefficient (Wildman–Crippen LogP) is 3.10. The molecule has 1 heterocycles. The Morgan fingerprint density at radius 1 is 1.15 bits per heavy atom. The molecule has 0 aliphatic heterocycles. The van der Waals surface area contributed by atoms with E-state index >= 15 is 0 Å². The number of rotatable bonds is 6. The molecule has 0 bridgehead atoms. The molecule has 2 N–H and O–H groups in total. The van der Waals surface area contributed by atoms with Gasteiger partial charge in [-0.25, -0.2) is 0 Å². The number of aliphatic hydroxyl groups is 1. The smallest absolute Gasteiger partial charge is 0.394 e. The molecule has 3 rings (SSSR count). The SMILES string of the molecule is CC(CO)(NCc1nnnn1-c1ccc(C(F)(F)F)cc1)C1CCCCC1. The van der Waals surface area contributed by atoms with Crippen molar-refractivity contribution in [1.29, 1.82) is 0 Å². The van der Waals surface area contributed by atoms with Crippen LogP contribution in [0.15, 0.2) is 24.3 Å². The van der Waals surface area contributed by atoms with E-state index in [1.807, 2.05) is 6.92 Å². The fourth-order valence-electron chi connectivity index (χ4n) is 3.66. The van der Waals surface area contributed by atoms with E-state index in [0.717, 1.165) is 37.8 Å². The summed E-state index contributed by atoms with van der Waals surface area (Å²) >= 11 is 0. The molecule has 0 radical (unpaired) electrons. The van der Waals surface area contributed by atoms with Crippen molar-refractivity contribution >= 4 is 0 Å². The molecule has 1 saturated carbocycles. The van der Waals surface area contributed by atoms with Crippen LogP contribution in [0.1, 0.15) is 50.4 Å². The second kappa shape index (κ2) is 7.93. The highest BCUT2D eigenvalue weighted by molar-refractivity contribution is 5.35. The minimum absolute atomic E-state index is 0.000484. The summed E-state index contributed by atoms with van der Waals surface area (Å²) in [5.41, 5.74) is -0.713. The third-order valence-corrected chi connectivity index (χ3v) is 5.46. The van der Waals surface area contributed by atoms with Gasteiger partial charge in [-0.15, -0.1) is 5.10 Å². The lowest BCUT2D eigenvalue weighted by molar-refractivity contribution is -0.137. The minimum atomic E-state index is -4.38. The van der Waals surface area contributed by atoms with E-state index in [1.54, 1.807) is 0 Å². The van der Waals surface area contributed by atoms with E-state index in [2.05, 4.69) is 20.8 Å². The number of hydrogen-bond acceptors (Lipinski definition) is 5. The Hall–Kier alpha value is -2.00. The van der Waals surface area contributed by atoms with Crippen molar-refractivity contribution in [3.63, 3.8) is 0 Å². The topological polar surface area (TPSA) is 75.9 Å². The van der Waals surface area contributed by atoms with Crippen LogP contribution in [-0.2, 0) is 12.7 Å². The van der Waals surface area contributed by atoms with Gasteiger partial charge in [-0.1, -0.05) is 19.3 Å². The van der Waals surface area contributed by atoms with Gasteiger partial charge >= 0.3 is 6.18 Å². The van der Waals surface area contributed by atoms with Crippen LogP contribution in [0.2, 0.25) is 0 Å². The maximum atomic E-state index is 12.7. The van der Waals surface area contributed by atoms with Crippen molar-refractivity contribution in [1.82, 2.24) is 25.5 Å². The van der Waals surface area contributed by atoms with E-state index in [0.29, 0.717) is 24.0 Å². The fraction of sp³-hybridized carbons (Fsp3) is 0.611. The highest BCUT2D eigenvalue weighted by atomic mass is 19.4. The Bertz CT molecular complexity index is 740. The standard InChI is InChI=1S/C18H24F3N5O/c1-17(12-27,13-5-3-2-4-6-13)22-11-16-23-24-25-26(16)15-9-7-14(8-10-15)18(19,20)21/h7-10,13,22,27H,2-6,11-12H2,1H3. The third kappa shape index (κ3) is 4.47.